The first-order valence-corrected chi connectivity index (χ1v) is 9.70. The van der Waals surface area contributed by atoms with Gasteiger partial charge in [-0.15, -0.1) is 0 Å². The number of carbonyl (C=O) groups is 1. The predicted molar refractivity (Wildman–Crippen MR) is 119 cm³/mol. The van der Waals surface area contributed by atoms with Gasteiger partial charge in [0.1, 0.15) is 11.6 Å². The van der Waals surface area contributed by atoms with Gasteiger partial charge in [0.2, 0.25) is 0 Å². The number of benzene rings is 1. The van der Waals surface area contributed by atoms with E-state index in [1.165, 1.54) is 6.20 Å². The molecule has 0 aliphatic carbocycles. The molecule has 0 atom stereocenters. The molecule has 3 aromatic heterocycles. The lowest BCUT2D eigenvalue weighted by atomic mass is 10.1. The van der Waals surface area contributed by atoms with E-state index < -0.39 is 0 Å². The van der Waals surface area contributed by atoms with Crippen LogP contribution in [0, 0.1) is 0 Å². The van der Waals surface area contributed by atoms with E-state index in [1.807, 2.05) is 18.2 Å². The summed E-state index contributed by atoms with van der Waals surface area (Å²) in [6, 6.07) is 15.9. The van der Waals surface area contributed by atoms with Crippen LogP contribution < -0.4 is 10.6 Å². The number of hydrogen-bond acceptors (Lipinski definition) is 5. The SMILES string of the molecule is O=C(Nc1cnccc1-c1ccc(Cl)cc1)c1ccnc(Nc2ccc(Cl)cn2)c1. The molecule has 6 nitrogen and oxygen atoms in total. The summed E-state index contributed by atoms with van der Waals surface area (Å²) in [5.74, 6) is 0.774. The van der Waals surface area contributed by atoms with Gasteiger partial charge in [0.25, 0.3) is 5.91 Å². The van der Waals surface area contributed by atoms with Crippen LogP contribution in [0.25, 0.3) is 11.1 Å². The van der Waals surface area contributed by atoms with Gasteiger partial charge in [0, 0.05) is 34.7 Å². The molecule has 4 rings (SSSR count). The van der Waals surface area contributed by atoms with Gasteiger partial charge >= 0.3 is 0 Å². The molecule has 0 saturated carbocycles. The number of aromatic nitrogens is 3. The molecular formula is C22H15Cl2N5O. The highest BCUT2D eigenvalue weighted by molar-refractivity contribution is 6.30. The van der Waals surface area contributed by atoms with Crippen LogP contribution in [0.3, 0.4) is 0 Å². The lowest BCUT2D eigenvalue weighted by molar-refractivity contribution is 0.102. The summed E-state index contributed by atoms with van der Waals surface area (Å²) in [4.78, 5) is 25.4. The number of amides is 1. The first-order valence-electron chi connectivity index (χ1n) is 8.94. The van der Waals surface area contributed by atoms with Crippen molar-refractivity contribution in [2.75, 3.05) is 10.6 Å². The molecule has 0 aliphatic rings. The molecule has 0 aliphatic heterocycles. The van der Waals surface area contributed by atoms with Gasteiger partial charge in [-0.25, -0.2) is 9.97 Å². The van der Waals surface area contributed by atoms with Crippen LogP contribution in [-0.4, -0.2) is 20.9 Å². The van der Waals surface area contributed by atoms with Crippen molar-refractivity contribution in [3.63, 3.8) is 0 Å². The van der Waals surface area contributed by atoms with Crippen LogP contribution in [0.2, 0.25) is 10.0 Å². The molecule has 0 spiro atoms. The molecule has 0 saturated heterocycles. The minimum Gasteiger partial charge on any atom is -0.325 e. The van der Waals surface area contributed by atoms with E-state index in [0.717, 1.165) is 11.1 Å². The van der Waals surface area contributed by atoms with E-state index in [0.29, 0.717) is 32.9 Å². The van der Waals surface area contributed by atoms with Crippen LogP contribution in [0.4, 0.5) is 17.3 Å². The number of halogens is 2. The lowest BCUT2D eigenvalue weighted by Gasteiger charge is -2.12. The van der Waals surface area contributed by atoms with E-state index in [4.69, 9.17) is 23.2 Å². The third kappa shape index (κ3) is 4.74. The zero-order valence-corrected chi connectivity index (χ0v) is 17.0. The van der Waals surface area contributed by atoms with Gasteiger partial charge in [-0.05, 0) is 48.0 Å². The Bertz CT molecular complexity index is 1180. The minimum absolute atomic E-state index is 0.285. The predicted octanol–water partition coefficient (Wildman–Crippen LogP) is 5.84. The quantitative estimate of drug-likeness (QED) is 0.411. The first-order chi connectivity index (χ1) is 14.6. The Hall–Kier alpha value is -3.48. The molecule has 8 heteroatoms. The van der Waals surface area contributed by atoms with Crippen molar-refractivity contribution < 1.29 is 4.79 Å². The number of carbonyl (C=O) groups excluding carboxylic acids is 1. The molecule has 0 radical (unpaired) electrons. The molecule has 1 aromatic carbocycles. The summed E-state index contributed by atoms with van der Waals surface area (Å²) in [7, 11) is 0. The van der Waals surface area contributed by atoms with Gasteiger partial charge in [-0.1, -0.05) is 35.3 Å². The summed E-state index contributed by atoms with van der Waals surface area (Å²) in [6.45, 7) is 0. The monoisotopic (exact) mass is 435 g/mol. The smallest absolute Gasteiger partial charge is 0.255 e. The number of hydrogen-bond donors (Lipinski definition) is 2. The topological polar surface area (TPSA) is 79.8 Å². The van der Waals surface area contributed by atoms with Crippen molar-refractivity contribution in [1.82, 2.24) is 15.0 Å². The fourth-order valence-corrected chi connectivity index (χ4v) is 3.03. The molecule has 3 heterocycles. The van der Waals surface area contributed by atoms with Crippen LogP contribution in [0.1, 0.15) is 10.4 Å². The van der Waals surface area contributed by atoms with E-state index in [2.05, 4.69) is 25.6 Å². The third-order valence-electron chi connectivity index (χ3n) is 4.23. The fraction of sp³-hybridized carbons (Fsp3) is 0. The summed E-state index contributed by atoms with van der Waals surface area (Å²) in [6.07, 6.45) is 6.37. The van der Waals surface area contributed by atoms with Crippen molar-refractivity contribution in [2.45, 2.75) is 0 Å². The standard InChI is InChI=1S/C22H15Cl2N5O/c23-16-3-1-14(2-4-16)18-8-9-25-13-19(18)28-22(30)15-7-10-26-21(11-15)29-20-6-5-17(24)12-27-20/h1-13H,(H,28,30)(H,26,27,29). The van der Waals surface area contributed by atoms with E-state index in [1.54, 1.807) is 55.0 Å². The summed E-state index contributed by atoms with van der Waals surface area (Å²) in [5, 5.41) is 7.14. The Morgan fingerprint density at radius 2 is 1.60 bits per heavy atom. The zero-order valence-electron chi connectivity index (χ0n) is 15.5. The normalized spacial score (nSPS) is 10.5. The van der Waals surface area contributed by atoms with Crippen molar-refractivity contribution in [3.8, 4) is 11.1 Å². The van der Waals surface area contributed by atoms with Crippen molar-refractivity contribution in [3.05, 3.63) is 95.0 Å². The Balaban J connectivity index is 1.55. The van der Waals surface area contributed by atoms with E-state index in [-0.39, 0.29) is 5.91 Å². The Labute approximate surface area is 182 Å². The number of pyridine rings is 3. The summed E-state index contributed by atoms with van der Waals surface area (Å²) in [5.41, 5.74) is 2.79. The van der Waals surface area contributed by atoms with E-state index >= 15 is 0 Å². The highest BCUT2D eigenvalue weighted by Crippen LogP contribution is 2.28. The second-order valence-corrected chi connectivity index (χ2v) is 7.17. The Morgan fingerprint density at radius 3 is 2.37 bits per heavy atom. The minimum atomic E-state index is -0.285. The fourth-order valence-electron chi connectivity index (χ4n) is 2.79. The van der Waals surface area contributed by atoms with Crippen LogP contribution in [0.15, 0.2) is 79.4 Å². The second kappa shape index (κ2) is 8.90. The number of nitrogens with one attached hydrogen (secondary N) is 2. The molecule has 0 bridgehead atoms. The maximum atomic E-state index is 12.9. The van der Waals surface area contributed by atoms with Gasteiger partial charge in [0.15, 0.2) is 0 Å². The first kappa shape index (κ1) is 19.8. The average Bonchev–Trinajstić information content (AvgIpc) is 2.77. The van der Waals surface area contributed by atoms with Gasteiger partial charge in [0.05, 0.1) is 16.9 Å². The highest BCUT2D eigenvalue weighted by Gasteiger charge is 2.12. The zero-order chi connectivity index (χ0) is 20.9. The molecule has 4 aromatic rings. The Kier molecular flexibility index (Phi) is 5.88. The van der Waals surface area contributed by atoms with Crippen molar-refractivity contribution in [2.24, 2.45) is 0 Å². The molecule has 1 amide bonds. The molecule has 0 unspecified atom stereocenters. The summed E-state index contributed by atoms with van der Waals surface area (Å²) >= 11 is 11.8. The lowest BCUT2D eigenvalue weighted by Crippen LogP contribution is -2.13. The van der Waals surface area contributed by atoms with Crippen LogP contribution >= 0.6 is 23.2 Å². The van der Waals surface area contributed by atoms with Gasteiger partial charge < -0.3 is 10.6 Å². The Morgan fingerprint density at radius 1 is 0.800 bits per heavy atom. The molecular weight excluding hydrogens is 421 g/mol. The highest BCUT2D eigenvalue weighted by atomic mass is 35.5. The van der Waals surface area contributed by atoms with E-state index in [9.17, 15) is 4.79 Å². The largest absolute Gasteiger partial charge is 0.325 e. The van der Waals surface area contributed by atoms with Crippen LogP contribution in [0.5, 0.6) is 0 Å². The maximum absolute atomic E-state index is 12.9. The summed E-state index contributed by atoms with van der Waals surface area (Å²) < 4.78 is 0. The number of rotatable bonds is 5. The van der Waals surface area contributed by atoms with Gasteiger partial charge in [-0.2, -0.15) is 0 Å². The van der Waals surface area contributed by atoms with Gasteiger partial charge in [-0.3, -0.25) is 9.78 Å². The van der Waals surface area contributed by atoms with Crippen LogP contribution in [-0.2, 0) is 0 Å². The number of nitrogens with zero attached hydrogens (tertiary/aromatic N) is 3. The average molecular weight is 436 g/mol. The third-order valence-corrected chi connectivity index (χ3v) is 4.71. The van der Waals surface area contributed by atoms with Crippen molar-refractivity contribution >= 4 is 46.4 Å². The molecule has 0 fully saturated rings. The molecule has 30 heavy (non-hydrogen) atoms. The molecule has 2 N–H and O–H groups in total. The second-order valence-electron chi connectivity index (χ2n) is 6.30. The molecule has 148 valence electrons. The maximum Gasteiger partial charge on any atom is 0.255 e. The number of anilines is 3. The van der Waals surface area contributed by atoms with Crippen molar-refractivity contribution in [1.29, 1.82) is 0 Å².